The molecule has 160 valence electrons. The zero-order valence-electron chi connectivity index (χ0n) is 16.3. The number of aryl methyl sites for hydroxylation is 1. The minimum absolute atomic E-state index is 0.00874. The van der Waals surface area contributed by atoms with Crippen molar-refractivity contribution in [3.05, 3.63) is 47.9 Å². The van der Waals surface area contributed by atoms with Crippen LogP contribution in [0.5, 0.6) is 0 Å². The molecule has 5 N–H and O–H groups in total. The van der Waals surface area contributed by atoms with Crippen molar-refractivity contribution in [3.63, 3.8) is 0 Å². The number of amides is 1. The van der Waals surface area contributed by atoms with E-state index in [1.54, 1.807) is 13.2 Å². The molecule has 1 unspecified atom stereocenters. The minimum atomic E-state index is -0.766. The number of halogens is 2. The van der Waals surface area contributed by atoms with E-state index in [9.17, 15) is 13.6 Å². The largest absolute Gasteiger partial charge is 0.389 e. The predicted molar refractivity (Wildman–Crippen MR) is 111 cm³/mol. The maximum Gasteiger partial charge on any atom is 0.277 e. The molecule has 30 heavy (non-hydrogen) atoms. The van der Waals surface area contributed by atoms with Crippen LogP contribution in [0, 0.1) is 11.6 Å². The molecule has 3 heterocycles. The lowest BCUT2D eigenvalue weighted by Crippen LogP contribution is -2.17. The highest BCUT2D eigenvalue weighted by atomic mass is 32.1. The SMILES string of the molecule is Cn1cc(NC(=O)c2nc(-c3c(F)cccc3F)sc2N)cn1.NCC1CCCO1. The Bertz CT molecular complexity index is 996. The van der Waals surface area contributed by atoms with Crippen LogP contribution in [0.2, 0.25) is 0 Å². The van der Waals surface area contributed by atoms with Crippen molar-refractivity contribution < 1.29 is 18.3 Å². The van der Waals surface area contributed by atoms with Crippen LogP contribution >= 0.6 is 11.3 Å². The lowest BCUT2D eigenvalue weighted by Gasteiger charge is -2.01. The van der Waals surface area contributed by atoms with Gasteiger partial charge in [-0.05, 0) is 25.0 Å². The minimum Gasteiger partial charge on any atom is -0.389 e. The quantitative estimate of drug-likeness (QED) is 0.578. The summed E-state index contributed by atoms with van der Waals surface area (Å²) in [4.78, 5) is 16.2. The highest BCUT2D eigenvalue weighted by Gasteiger charge is 2.21. The molecule has 0 bridgehead atoms. The number of hydrogen-bond acceptors (Lipinski definition) is 7. The van der Waals surface area contributed by atoms with E-state index >= 15 is 0 Å². The molecular weight excluding hydrogens is 414 g/mol. The Balaban J connectivity index is 0.000000310. The van der Waals surface area contributed by atoms with Gasteiger partial charge in [-0.3, -0.25) is 9.48 Å². The van der Waals surface area contributed by atoms with Crippen molar-refractivity contribution in [3.8, 4) is 10.6 Å². The second-order valence-electron chi connectivity index (χ2n) is 6.56. The van der Waals surface area contributed by atoms with Gasteiger partial charge in [0.25, 0.3) is 5.91 Å². The summed E-state index contributed by atoms with van der Waals surface area (Å²) in [7, 11) is 1.70. The number of hydrogen-bond donors (Lipinski definition) is 3. The Labute approximate surface area is 175 Å². The van der Waals surface area contributed by atoms with Crippen LogP contribution in [-0.2, 0) is 11.8 Å². The first-order valence-corrected chi connectivity index (χ1v) is 10.0. The molecule has 11 heteroatoms. The van der Waals surface area contributed by atoms with Crippen molar-refractivity contribution in [2.75, 3.05) is 24.2 Å². The lowest BCUT2D eigenvalue weighted by atomic mass is 10.2. The van der Waals surface area contributed by atoms with Gasteiger partial charge in [0.1, 0.15) is 21.6 Å². The summed E-state index contributed by atoms with van der Waals surface area (Å²) in [6.07, 6.45) is 5.79. The molecule has 1 atom stereocenters. The molecular formula is C19H22F2N6O2S. The van der Waals surface area contributed by atoms with Gasteiger partial charge in [0.15, 0.2) is 5.69 Å². The number of nitrogens with two attached hydrogens (primary N) is 2. The first-order chi connectivity index (χ1) is 14.4. The molecule has 0 saturated carbocycles. The van der Waals surface area contributed by atoms with Crippen molar-refractivity contribution in [2.45, 2.75) is 18.9 Å². The number of carbonyl (C=O) groups excluding carboxylic acids is 1. The van der Waals surface area contributed by atoms with E-state index in [1.807, 2.05) is 0 Å². The number of nitrogen functional groups attached to an aromatic ring is 1. The average Bonchev–Trinajstić information content (AvgIpc) is 3.44. The number of rotatable bonds is 4. The third kappa shape index (κ3) is 5.17. The van der Waals surface area contributed by atoms with Crippen LogP contribution in [0.1, 0.15) is 23.3 Å². The van der Waals surface area contributed by atoms with Crippen molar-refractivity contribution in [2.24, 2.45) is 12.8 Å². The third-order valence-electron chi connectivity index (χ3n) is 4.29. The van der Waals surface area contributed by atoms with Crippen LogP contribution < -0.4 is 16.8 Å². The molecule has 1 aliphatic rings. The lowest BCUT2D eigenvalue weighted by molar-refractivity contribution is 0.102. The highest BCUT2D eigenvalue weighted by Crippen LogP contribution is 2.33. The van der Waals surface area contributed by atoms with Crippen LogP contribution in [0.3, 0.4) is 0 Å². The molecule has 1 aromatic carbocycles. The normalized spacial score (nSPS) is 15.5. The van der Waals surface area contributed by atoms with Crippen LogP contribution in [0.25, 0.3) is 10.6 Å². The maximum absolute atomic E-state index is 13.8. The van der Waals surface area contributed by atoms with Gasteiger partial charge >= 0.3 is 0 Å². The van der Waals surface area contributed by atoms with Gasteiger partial charge in [-0.1, -0.05) is 17.4 Å². The van der Waals surface area contributed by atoms with Crippen molar-refractivity contribution in [1.29, 1.82) is 0 Å². The van der Waals surface area contributed by atoms with Gasteiger partial charge in [0.2, 0.25) is 0 Å². The smallest absolute Gasteiger partial charge is 0.277 e. The van der Waals surface area contributed by atoms with Gasteiger partial charge in [0.05, 0.1) is 23.6 Å². The molecule has 0 aliphatic carbocycles. The summed E-state index contributed by atoms with van der Waals surface area (Å²) in [5, 5.41) is 6.57. The number of nitrogens with one attached hydrogen (secondary N) is 1. The molecule has 0 radical (unpaired) electrons. The zero-order valence-corrected chi connectivity index (χ0v) is 17.1. The zero-order chi connectivity index (χ0) is 21.7. The number of aromatic nitrogens is 3. The van der Waals surface area contributed by atoms with Crippen LogP contribution in [-0.4, -0.2) is 39.9 Å². The summed E-state index contributed by atoms with van der Waals surface area (Å²) < 4.78 is 34.3. The van der Waals surface area contributed by atoms with Crippen molar-refractivity contribution >= 4 is 27.9 Å². The van der Waals surface area contributed by atoms with Crippen molar-refractivity contribution in [1.82, 2.24) is 14.8 Å². The molecule has 0 spiro atoms. The first-order valence-electron chi connectivity index (χ1n) is 9.21. The fourth-order valence-electron chi connectivity index (χ4n) is 2.81. The average molecular weight is 436 g/mol. The van der Waals surface area contributed by atoms with Gasteiger partial charge in [0, 0.05) is 26.4 Å². The Hall–Kier alpha value is -2.89. The van der Waals surface area contributed by atoms with E-state index in [-0.39, 0.29) is 21.3 Å². The van der Waals surface area contributed by atoms with Gasteiger partial charge < -0.3 is 21.5 Å². The summed E-state index contributed by atoms with van der Waals surface area (Å²) in [5.41, 5.74) is 11.2. The second-order valence-corrected chi connectivity index (χ2v) is 7.59. The highest BCUT2D eigenvalue weighted by molar-refractivity contribution is 7.19. The van der Waals surface area contributed by atoms with E-state index < -0.39 is 17.5 Å². The molecule has 8 nitrogen and oxygen atoms in total. The first kappa shape index (κ1) is 21.8. The van der Waals surface area contributed by atoms with E-state index in [1.165, 1.54) is 23.4 Å². The number of thiazole rings is 1. The maximum atomic E-state index is 13.8. The van der Waals surface area contributed by atoms with Gasteiger partial charge in [-0.15, -0.1) is 0 Å². The van der Waals surface area contributed by atoms with Crippen LogP contribution in [0.4, 0.5) is 19.5 Å². The van der Waals surface area contributed by atoms with E-state index in [0.717, 1.165) is 36.5 Å². The monoisotopic (exact) mass is 436 g/mol. The van der Waals surface area contributed by atoms with Crippen LogP contribution in [0.15, 0.2) is 30.6 Å². The number of anilines is 2. The predicted octanol–water partition coefficient (Wildman–Crippen LogP) is 2.78. The molecule has 2 aromatic heterocycles. The summed E-state index contributed by atoms with van der Waals surface area (Å²) >= 11 is 0.845. The fourth-order valence-corrected chi connectivity index (χ4v) is 3.69. The Morgan fingerprint density at radius 3 is 2.67 bits per heavy atom. The molecule has 1 aliphatic heterocycles. The number of nitrogens with zero attached hydrogens (tertiary/aromatic N) is 3. The number of ether oxygens (including phenoxy) is 1. The molecule has 1 amide bonds. The second kappa shape index (κ2) is 9.74. The third-order valence-corrected chi connectivity index (χ3v) is 5.20. The van der Waals surface area contributed by atoms with E-state index in [4.69, 9.17) is 16.2 Å². The molecule has 1 saturated heterocycles. The Morgan fingerprint density at radius 2 is 2.13 bits per heavy atom. The van der Waals surface area contributed by atoms with Gasteiger partial charge in [-0.2, -0.15) is 5.10 Å². The van der Waals surface area contributed by atoms with E-state index in [2.05, 4.69) is 15.4 Å². The summed E-state index contributed by atoms with van der Waals surface area (Å²) in [5.74, 6) is -2.11. The van der Waals surface area contributed by atoms with Gasteiger partial charge in [-0.25, -0.2) is 13.8 Å². The molecule has 4 rings (SSSR count). The number of carbonyl (C=O) groups is 1. The standard InChI is InChI=1S/C14H11F2N5OS.C5H11NO/c1-21-6-7(5-18-21)19-13(22)11-12(17)23-14(20-11)10-8(15)3-2-4-9(10)16;6-4-5-2-1-3-7-5/h2-6H,17H2,1H3,(H,19,22);5H,1-4,6H2. The molecule has 3 aromatic rings. The number of benzene rings is 1. The van der Waals surface area contributed by atoms with E-state index in [0.29, 0.717) is 18.3 Å². The Kier molecular flexibility index (Phi) is 7.08. The fraction of sp³-hybridized carbons (Fsp3) is 0.316. The topological polar surface area (TPSA) is 121 Å². The molecule has 1 fully saturated rings. The summed E-state index contributed by atoms with van der Waals surface area (Å²) in [6, 6.07) is 3.48. The summed E-state index contributed by atoms with van der Waals surface area (Å²) in [6.45, 7) is 1.61. The Morgan fingerprint density at radius 1 is 1.40 bits per heavy atom.